The summed E-state index contributed by atoms with van der Waals surface area (Å²) in [5.41, 5.74) is 1.39. The Hall–Kier alpha value is -3.30. The normalized spacial score (nSPS) is 21.4. The lowest BCUT2D eigenvalue weighted by Gasteiger charge is -2.24. The molecule has 1 fully saturated rings. The molecule has 1 saturated heterocycles. The minimum atomic E-state index is -1.23. The molecule has 0 aromatic heterocycles. The van der Waals surface area contributed by atoms with Crippen molar-refractivity contribution in [2.45, 2.75) is 36.7 Å². The average Bonchev–Trinajstić information content (AvgIpc) is 3.10. The highest BCUT2D eigenvalue weighted by Gasteiger charge is 2.49. The molecule has 1 aliphatic heterocycles. The summed E-state index contributed by atoms with van der Waals surface area (Å²) in [4.78, 5) is 37.2. The summed E-state index contributed by atoms with van der Waals surface area (Å²) < 4.78 is 21.1. The van der Waals surface area contributed by atoms with E-state index in [1.807, 2.05) is 13.8 Å². The van der Waals surface area contributed by atoms with Crippen LogP contribution in [0.15, 0.2) is 61.2 Å². The Kier molecular flexibility index (Phi) is 8.72. The Labute approximate surface area is 201 Å². The summed E-state index contributed by atoms with van der Waals surface area (Å²) in [5, 5.41) is 9.83. The molecular weight excluding hydrogens is 460 g/mol. The standard InChI is InChI=1S/C25H26O8S/c1-4-13-30-25(29)33-21-20(32-23(27)18-11-7-16(3)8-12-18)19(34-24(21)28)14-31-22(26)17-9-5-15(2)6-10-17/h4-12,19-21,24,28H,1,13-14H2,2-3H3/t19-,20-,21-,24?/m1/s1. The number of carbonyl (C=O) groups is 3. The van der Waals surface area contributed by atoms with Crippen LogP contribution in [0.1, 0.15) is 31.8 Å². The molecule has 0 bridgehead atoms. The first kappa shape index (κ1) is 25.3. The van der Waals surface area contributed by atoms with Crippen LogP contribution in [-0.2, 0) is 18.9 Å². The van der Waals surface area contributed by atoms with Crippen molar-refractivity contribution in [2.75, 3.05) is 13.2 Å². The number of esters is 2. The second-order valence-corrected chi connectivity index (χ2v) is 9.06. The van der Waals surface area contributed by atoms with Crippen molar-refractivity contribution in [1.29, 1.82) is 0 Å². The lowest BCUT2D eigenvalue weighted by atomic mass is 10.1. The molecule has 9 heteroatoms. The van der Waals surface area contributed by atoms with Gasteiger partial charge in [-0.3, -0.25) is 0 Å². The number of aliphatic hydroxyl groups excluding tert-OH is 1. The fraction of sp³-hybridized carbons (Fsp3) is 0.320. The van der Waals surface area contributed by atoms with E-state index in [2.05, 4.69) is 6.58 Å². The Balaban J connectivity index is 1.73. The number of hydrogen-bond acceptors (Lipinski definition) is 9. The van der Waals surface area contributed by atoms with E-state index in [-0.39, 0.29) is 13.2 Å². The molecule has 1 unspecified atom stereocenters. The van der Waals surface area contributed by atoms with Gasteiger partial charge in [-0.25, -0.2) is 14.4 Å². The topological polar surface area (TPSA) is 108 Å². The van der Waals surface area contributed by atoms with Gasteiger partial charge in [-0.1, -0.05) is 48.0 Å². The van der Waals surface area contributed by atoms with E-state index in [1.165, 1.54) is 6.08 Å². The molecule has 1 aliphatic rings. The van der Waals surface area contributed by atoms with Crippen LogP contribution in [0.2, 0.25) is 0 Å². The number of hydrogen-bond donors (Lipinski definition) is 1. The Bertz CT molecular complexity index is 1020. The third-order valence-electron chi connectivity index (χ3n) is 5.03. The monoisotopic (exact) mass is 486 g/mol. The maximum atomic E-state index is 12.8. The molecular formula is C25H26O8S. The summed E-state index contributed by atoms with van der Waals surface area (Å²) >= 11 is 0.975. The van der Waals surface area contributed by atoms with Crippen LogP contribution in [-0.4, -0.2) is 59.3 Å². The minimum Gasteiger partial charge on any atom is -0.461 e. The van der Waals surface area contributed by atoms with Gasteiger partial charge in [0, 0.05) is 0 Å². The van der Waals surface area contributed by atoms with Gasteiger partial charge in [0.05, 0.1) is 16.4 Å². The third-order valence-corrected chi connectivity index (χ3v) is 6.33. The van der Waals surface area contributed by atoms with Crippen molar-refractivity contribution in [3.63, 3.8) is 0 Å². The van der Waals surface area contributed by atoms with E-state index in [1.54, 1.807) is 48.5 Å². The Morgan fingerprint density at radius 2 is 1.44 bits per heavy atom. The zero-order valence-electron chi connectivity index (χ0n) is 18.8. The number of aryl methyl sites for hydroxylation is 2. The first-order valence-electron chi connectivity index (χ1n) is 10.6. The van der Waals surface area contributed by atoms with E-state index in [9.17, 15) is 19.5 Å². The van der Waals surface area contributed by atoms with Gasteiger partial charge in [-0.05, 0) is 38.1 Å². The van der Waals surface area contributed by atoms with E-state index < -0.39 is 41.0 Å². The molecule has 0 saturated carbocycles. The summed E-state index contributed by atoms with van der Waals surface area (Å²) in [7, 11) is 0. The zero-order chi connectivity index (χ0) is 24.7. The predicted molar refractivity (Wildman–Crippen MR) is 126 cm³/mol. The number of aliphatic hydroxyl groups is 1. The number of carbonyl (C=O) groups excluding carboxylic acids is 3. The summed E-state index contributed by atoms with van der Waals surface area (Å²) in [6.07, 6.45) is -1.99. The first-order valence-corrected chi connectivity index (χ1v) is 11.5. The van der Waals surface area contributed by atoms with Gasteiger partial charge in [0.25, 0.3) is 0 Å². The van der Waals surface area contributed by atoms with Crippen molar-refractivity contribution in [3.05, 3.63) is 83.4 Å². The lowest BCUT2D eigenvalue weighted by Crippen LogP contribution is -2.42. The maximum Gasteiger partial charge on any atom is 0.509 e. The van der Waals surface area contributed by atoms with Gasteiger partial charge in [-0.2, -0.15) is 0 Å². The van der Waals surface area contributed by atoms with Crippen LogP contribution in [0, 0.1) is 13.8 Å². The highest BCUT2D eigenvalue weighted by atomic mass is 32.2. The zero-order valence-corrected chi connectivity index (χ0v) is 19.7. The van der Waals surface area contributed by atoms with E-state index in [0.29, 0.717) is 11.1 Å². The van der Waals surface area contributed by atoms with E-state index in [4.69, 9.17) is 18.9 Å². The van der Waals surface area contributed by atoms with Crippen LogP contribution in [0.5, 0.6) is 0 Å². The Morgan fingerprint density at radius 3 is 2.00 bits per heavy atom. The highest BCUT2D eigenvalue weighted by Crippen LogP contribution is 2.37. The van der Waals surface area contributed by atoms with Crippen molar-refractivity contribution < 1.29 is 38.4 Å². The molecule has 2 aromatic carbocycles. The van der Waals surface area contributed by atoms with Crippen molar-refractivity contribution in [1.82, 2.24) is 0 Å². The predicted octanol–water partition coefficient (Wildman–Crippen LogP) is 3.83. The summed E-state index contributed by atoms with van der Waals surface area (Å²) in [6.45, 7) is 6.98. The molecule has 1 heterocycles. The molecule has 180 valence electrons. The van der Waals surface area contributed by atoms with Gasteiger partial charge in [0.15, 0.2) is 12.2 Å². The molecule has 0 radical (unpaired) electrons. The van der Waals surface area contributed by atoms with Crippen LogP contribution in [0.4, 0.5) is 4.79 Å². The molecule has 0 aliphatic carbocycles. The molecule has 8 nitrogen and oxygen atoms in total. The van der Waals surface area contributed by atoms with E-state index in [0.717, 1.165) is 22.9 Å². The lowest BCUT2D eigenvalue weighted by molar-refractivity contribution is -0.0645. The fourth-order valence-corrected chi connectivity index (χ4v) is 4.43. The van der Waals surface area contributed by atoms with E-state index >= 15 is 0 Å². The molecule has 0 spiro atoms. The van der Waals surface area contributed by atoms with Gasteiger partial charge in [-0.15, -0.1) is 11.8 Å². The minimum absolute atomic E-state index is 0.0831. The van der Waals surface area contributed by atoms with Gasteiger partial charge < -0.3 is 24.1 Å². The third kappa shape index (κ3) is 6.61. The number of benzene rings is 2. The fourth-order valence-electron chi connectivity index (χ4n) is 3.19. The van der Waals surface area contributed by atoms with Crippen molar-refractivity contribution in [2.24, 2.45) is 0 Å². The average molecular weight is 487 g/mol. The summed E-state index contributed by atoms with van der Waals surface area (Å²) in [5.74, 6) is -1.23. The molecule has 3 rings (SSSR count). The van der Waals surface area contributed by atoms with Gasteiger partial charge in [0.1, 0.15) is 18.6 Å². The quantitative estimate of drug-likeness (QED) is 0.338. The van der Waals surface area contributed by atoms with Crippen LogP contribution >= 0.6 is 11.8 Å². The second kappa shape index (κ2) is 11.7. The molecule has 2 aromatic rings. The number of thioether (sulfide) groups is 1. The van der Waals surface area contributed by atoms with Crippen LogP contribution in [0.3, 0.4) is 0 Å². The second-order valence-electron chi connectivity index (χ2n) is 7.70. The molecule has 4 atom stereocenters. The van der Waals surface area contributed by atoms with Crippen LogP contribution < -0.4 is 0 Å². The largest absolute Gasteiger partial charge is 0.509 e. The van der Waals surface area contributed by atoms with Crippen molar-refractivity contribution >= 4 is 29.9 Å². The highest BCUT2D eigenvalue weighted by molar-refractivity contribution is 8.00. The van der Waals surface area contributed by atoms with Gasteiger partial charge >= 0.3 is 18.1 Å². The molecule has 0 amide bonds. The SMILES string of the molecule is C=CCOC(=O)O[C@H]1C(O)S[C@H](COC(=O)c2ccc(C)cc2)[C@H]1OC(=O)c1ccc(C)cc1. The van der Waals surface area contributed by atoms with Gasteiger partial charge in [0.2, 0.25) is 0 Å². The smallest absolute Gasteiger partial charge is 0.461 e. The maximum absolute atomic E-state index is 12.8. The summed E-state index contributed by atoms with van der Waals surface area (Å²) in [6, 6.07) is 13.6. The van der Waals surface area contributed by atoms with Crippen LogP contribution in [0.25, 0.3) is 0 Å². The molecule has 34 heavy (non-hydrogen) atoms. The van der Waals surface area contributed by atoms with Crippen molar-refractivity contribution in [3.8, 4) is 0 Å². The Morgan fingerprint density at radius 1 is 0.882 bits per heavy atom. The number of rotatable bonds is 8. The number of ether oxygens (including phenoxy) is 4. The molecule has 1 N–H and O–H groups in total. The first-order chi connectivity index (χ1) is 16.3.